The molecule has 0 saturated carbocycles. The highest BCUT2D eigenvalue weighted by molar-refractivity contribution is 5.95. The number of carbonyl (C=O) groups excluding carboxylic acids is 3. The van der Waals surface area contributed by atoms with Crippen LogP contribution >= 0.6 is 0 Å². The van der Waals surface area contributed by atoms with E-state index in [0.717, 1.165) is 19.3 Å². The fourth-order valence-electron chi connectivity index (χ4n) is 2.68. The summed E-state index contributed by atoms with van der Waals surface area (Å²) < 4.78 is 10.3. The first kappa shape index (κ1) is 20.5. The van der Waals surface area contributed by atoms with Crippen molar-refractivity contribution in [3.05, 3.63) is 42.0 Å². The van der Waals surface area contributed by atoms with Gasteiger partial charge in [-0.2, -0.15) is 0 Å². The first-order valence-electron chi connectivity index (χ1n) is 9.18. The van der Waals surface area contributed by atoms with Crippen LogP contribution in [0, 0.1) is 0 Å². The third-order valence-electron chi connectivity index (χ3n) is 4.10. The van der Waals surface area contributed by atoms with Crippen LogP contribution in [-0.2, 0) is 14.3 Å². The van der Waals surface area contributed by atoms with Gasteiger partial charge in [-0.1, -0.05) is 29.8 Å². The summed E-state index contributed by atoms with van der Waals surface area (Å²) in [5.74, 6) is -0.845. The fourth-order valence-corrected chi connectivity index (χ4v) is 2.68. The number of benzene rings is 1. The van der Waals surface area contributed by atoms with Crippen molar-refractivity contribution < 1.29 is 23.9 Å². The maximum Gasteiger partial charge on any atom is 0.347 e. The zero-order valence-electron chi connectivity index (χ0n) is 15.5. The van der Waals surface area contributed by atoms with Crippen molar-refractivity contribution in [3.63, 3.8) is 0 Å². The second-order valence-corrected chi connectivity index (χ2v) is 6.34. The zero-order chi connectivity index (χ0) is 19.5. The van der Waals surface area contributed by atoms with Gasteiger partial charge in [0.05, 0.1) is 0 Å². The van der Waals surface area contributed by atoms with Gasteiger partial charge < -0.3 is 14.8 Å². The summed E-state index contributed by atoms with van der Waals surface area (Å²) in [5, 5.41) is 4.76. The quantitative estimate of drug-likeness (QED) is 0.539. The molecule has 0 saturated heterocycles. The first-order chi connectivity index (χ1) is 13.0. The molecule has 3 amide bonds. The van der Waals surface area contributed by atoms with E-state index in [1.165, 1.54) is 25.3 Å². The van der Waals surface area contributed by atoms with Gasteiger partial charge in [-0.05, 0) is 51.2 Å². The first-order valence-corrected chi connectivity index (χ1v) is 9.18. The lowest BCUT2D eigenvalue weighted by atomic mass is 9.97. The van der Waals surface area contributed by atoms with Crippen LogP contribution in [0.2, 0.25) is 0 Å². The molecule has 7 heteroatoms. The van der Waals surface area contributed by atoms with E-state index in [0.29, 0.717) is 12.3 Å². The molecule has 2 rings (SSSR count). The van der Waals surface area contributed by atoms with E-state index in [4.69, 9.17) is 9.47 Å². The van der Waals surface area contributed by atoms with Crippen LogP contribution in [0.1, 0.15) is 39.0 Å². The Bertz CT molecular complexity index is 672. The van der Waals surface area contributed by atoms with Crippen LogP contribution in [0.5, 0.6) is 5.75 Å². The third kappa shape index (κ3) is 7.94. The number of rotatable bonds is 8. The van der Waals surface area contributed by atoms with Crippen molar-refractivity contribution in [2.75, 3.05) is 13.2 Å². The number of allylic oxidation sites excluding steroid dienone is 1. The normalized spacial score (nSPS) is 14.5. The van der Waals surface area contributed by atoms with Gasteiger partial charge in [0.25, 0.3) is 5.91 Å². The number of esters is 1. The molecule has 0 aromatic heterocycles. The minimum atomic E-state index is -0.863. The number of para-hydroxylation sites is 1. The smallest absolute Gasteiger partial charge is 0.347 e. The average molecular weight is 374 g/mol. The molecule has 0 fully saturated rings. The predicted octanol–water partition coefficient (Wildman–Crippen LogP) is 2.71. The van der Waals surface area contributed by atoms with Gasteiger partial charge in [-0.3, -0.25) is 10.1 Å². The molecule has 0 radical (unpaired) electrons. The molecule has 0 bridgehead atoms. The van der Waals surface area contributed by atoms with Gasteiger partial charge in [0.2, 0.25) is 0 Å². The van der Waals surface area contributed by atoms with Crippen LogP contribution in [0.15, 0.2) is 42.0 Å². The van der Waals surface area contributed by atoms with Gasteiger partial charge in [0.15, 0.2) is 12.7 Å². The number of hydrogen-bond acceptors (Lipinski definition) is 5. The van der Waals surface area contributed by atoms with Crippen LogP contribution in [0.25, 0.3) is 0 Å². The highest BCUT2D eigenvalue weighted by Gasteiger charge is 2.18. The van der Waals surface area contributed by atoms with Crippen molar-refractivity contribution in [1.82, 2.24) is 10.6 Å². The maximum atomic E-state index is 11.9. The molecule has 146 valence electrons. The van der Waals surface area contributed by atoms with Gasteiger partial charge in [-0.25, -0.2) is 9.59 Å². The summed E-state index contributed by atoms with van der Waals surface area (Å²) in [6.45, 7) is 1.45. The summed E-state index contributed by atoms with van der Waals surface area (Å²) >= 11 is 0. The van der Waals surface area contributed by atoms with Crippen molar-refractivity contribution in [2.24, 2.45) is 0 Å². The zero-order valence-corrected chi connectivity index (χ0v) is 15.5. The number of urea groups is 1. The Kier molecular flexibility index (Phi) is 8.35. The minimum Gasteiger partial charge on any atom is -0.479 e. The van der Waals surface area contributed by atoms with Crippen LogP contribution in [-0.4, -0.2) is 37.2 Å². The predicted molar refractivity (Wildman–Crippen MR) is 100 cm³/mol. The Balaban J connectivity index is 1.60. The van der Waals surface area contributed by atoms with Crippen LogP contribution in [0.3, 0.4) is 0 Å². The minimum absolute atomic E-state index is 0.465. The molecular weight excluding hydrogens is 348 g/mol. The van der Waals surface area contributed by atoms with Crippen molar-refractivity contribution in [1.29, 1.82) is 0 Å². The SMILES string of the molecule is C[C@H](Oc1ccccc1)C(=O)OCC(=O)NC(=O)NCCC1=CCCCC1. The lowest BCUT2D eigenvalue weighted by Crippen LogP contribution is -2.42. The number of nitrogens with one attached hydrogen (secondary N) is 2. The highest BCUT2D eigenvalue weighted by atomic mass is 16.6. The van der Waals surface area contributed by atoms with E-state index in [1.807, 2.05) is 6.07 Å². The largest absolute Gasteiger partial charge is 0.479 e. The van der Waals surface area contributed by atoms with Gasteiger partial charge in [-0.15, -0.1) is 0 Å². The molecule has 1 aromatic carbocycles. The van der Waals surface area contributed by atoms with Crippen LogP contribution < -0.4 is 15.4 Å². The Morgan fingerprint density at radius 3 is 2.63 bits per heavy atom. The molecule has 1 aliphatic carbocycles. The molecule has 2 N–H and O–H groups in total. The van der Waals surface area contributed by atoms with Gasteiger partial charge >= 0.3 is 12.0 Å². The summed E-state index contributed by atoms with van der Waals surface area (Å²) in [6.07, 6.45) is 6.71. The Morgan fingerprint density at radius 1 is 1.15 bits per heavy atom. The van der Waals surface area contributed by atoms with Gasteiger partial charge in [0.1, 0.15) is 5.75 Å². The molecule has 0 spiro atoms. The molecule has 1 atom stereocenters. The van der Waals surface area contributed by atoms with Crippen LogP contribution in [0.4, 0.5) is 4.79 Å². The Morgan fingerprint density at radius 2 is 1.93 bits per heavy atom. The number of hydrogen-bond donors (Lipinski definition) is 2. The average Bonchev–Trinajstić information content (AvgIpc) is 2.67. The van der Waals surface area contributed by atoms with E-state index in [2.05, 4.69) is 16.7 Å². The summed E-state index contributed by atoms with van der Waals surface area (Å²) in [7, 11) is 0. The van der Waals surface area contributed by atoms with Crippen molar-refractivity contribution in [3.8, 4) is 5.75 Å². The molecular formula is C20H26N2O5. The Labute approximate surface area is 159 Å². The highest BCUT2D eigenvalue weighted by Crippen LogP contribution is 2.19. The van der Waals surface area contributed by atoms with E-state index in [1.54, 1.807) is 24.3 Å². The molecule has 0 aliphatic heterocycles. The Hall–Kier alpha value is -2.83. The number of amides is 3. The third-order valence-corrected chi connectivity index (χ3v) is 4.10. The molecule has 0 unspecified atom stereocenters. The second kappa shape index (κ2) is 11.0. The van der Waals surface area contributed by atoms with E-state index in [-0.39, 0.29) is 0 Å². The number of imide groups is 1. The van der Waals surface area contributed by atoms with E-state index in [9.17, 15) is 14.4 Å². The molecule has 1 aromatic rings. The van der Waals surface area contributed by atoms with Gasteiger partial charge in [0, 0.05) is 6.54 Å². The number of ether oxygens (including phenoxy) is 2. The van der Waals surface area contributed by atoms with E-state index < -0.39 is 30.6 Å². The summed E-state index contributed by atoms with van der Waals surface area (Å²) in [5.41, 5.74) is 1.34. The second-order valence-electron chi connectivity index (χ2n) is 6.34. The molecule has 27 heavy (non-hydrogen) atoms. The monoisotopic (exact) mass is 374 g/mol. The molecule has 0 heterocycles. The fraction of sp³-hybridized carbons (Fsp3) is 0.450. The molecule has 1 aliphatic rings. The summed E-state index contributed by atoms with van der Waals surface area (Å²) in [4.78, 5) is 35.2. The molecule has 7 nitrogen and oxygen atoms in total. The lowest BCUT2D eigenvalue weighted by Gasteiger charge is -2.14. The lowest BCUT2D eigenvalue weighted by molar-refractivity contribution is -0.154. The summed E-state index contributed by atoms with van der Waals surface area (Å²) in [6, 6.07) is 8.22. The topological polar surface area (TPSA) is 93.7 Å². The maximum absolute atomic E-state index is 11.9. The van der Waals surface area contributed by atoms with E-state index >= 15 is 0 Å². The standard InChI is InChI=1S/C20H26N2O5/c1-15(27-17-10-6-3-7-11-17)19(24)26-14-18(23)22-20(25)21-13-12-16-8-4-2-5-9-16/h3,6-8,10-11,15H,2,4-5,9,12-14H2,1H3,(H2,21,22,23,25)/t15-/m0/s1. The van der Waals surface area contributed by atoms with Crippen molar-refractivity contribution >= 4 is 17.9 Å². The number of carbonyl (C=O) groups is 3. The van der Waals surface area contributed by atoms with Crippen molar-refractivity contribution in [2.45, 2.75) is 45.1 Å².